The summed E-state index contributed by atoms with van der Waals surface area (Å²) in [4.78, 5) is 0. The first-order valence-electron chi connectivity index (χ1n) is 4.87. The fraction of sp³-hybridized carbons (Fsp3) is 0.700. The van der Waals surface area contributed by atoms with E-state index in [9.17, 15) is 0 Å². The van der Waals surface area contributed by atoms with Crippen LogP contribution in [0.15, 0.2) is 6.20 Å². The number of aromatic nitrogens is 2. The molecule has 0 radical (unpaired) electrons. The third kappa shape index (κ3) is 2.56. The fourth-order valence-electron chi connectivity index (χ4n) is 1.43. The van der Waals surface area contributed by atoms with Gasteiger partial charge in [0.15, 0.2) is 0 Å². The molecule has 0 bridgehead atoms. The van der Waals surface area contributed by atoms with Crippen molar-refractivity contribution in [2.45, 2.75) is 26.4 Å². The van der Waals surface area contributed by atoms with Gasteiger partial charge < -0.3 is 10.1 Å². The van der Waals surface area contributed by atoms with Crippen LogP contribution in [0.5, 0.6) is 0 Å². The molecule has 0 saturated carbocycles. The van der Waals surface area contributed by atoms with Gasteiger partial charge in [-0.25, -0.2) is 0 Å². The third-order valence-electron chi connectivity index (χ3n) is 2.24. The first-order valence-corrected chi connectivity index (χ1v) is 4.87. The van der Waals surface area contributed by atoms with Crippen molar-refractivity contribution in [3.8, 4) is 0 Å². The van der Waals surface area contributed by atoms with Crippen LogP contribution in [0.4, 0.5) is 0 Å². The van der Waals surface area contributed by atoms with Gasteiger partial charge >= 0.3 is 0 Å². The first-order chi connectivity index (χ1) is 6.69. The van der Waals surface area contributed by atoms with E-state index in [4.69, 9.17) is 4.74 Å². The molecule has 4 heteroatoms. The Labute approximate surface area is 85.3 Å². The zero-order chi connectivity index (χ0) is 10.6. The van der Waals surface area contributed by atoms with Gasteiger partial charge in [-0.2, -0.15) is 5.10 Å². The lowest BCUT2D eigenvalue weighted by Crippen LogP contribution is -2.11. The number of nitrogens with one attached hydrogen (secondary N) is 1. The van der Waals surface area contributed by atoms with E-state index in [-0.39, 0.29) is 0 Å². The van der Waals surface area contributed by atoms with E-state index in [1.807, 2.05) is 18.7 Å². The Bertz CT molecular complexity index is 283. The number of methoxy groups -OCH3 is 1. The van der Waals surface area contributed by atoms with Crippen molar-refractivity contribution in [1.82, 2.24) is 15.1 Å². The smallest absolute Gasteiger partial charge is 0.0724 e. The minimum absolute atomic E-state index is 0.296. The summed E-state index contributed by atoms with van der Waals surface area (Å²) in [5.74, 6) is 0. The van der Waals surface area contributed by atoms with Gasteiger partial charge in [0.05, 0.1) is 18.3 Å². The van der Waals surface area contributed by atoms with E-state index in [2.05, 4.69) is 23.5 Å². The summed E-state index contributed by atoms with van der Waals surface area (Å²) in [5.41, 5.74) is 2.33. The van der Waals surface area contributed by atoms with Crippen molar-refractivity contribution in [3.05, 3.63) is 17.5 Å². The van der Waals surface area contributed by atoms with Crippen LogP contribution in [0.2, 0.25) is 0 Å². The molecule has 1 N–H and O–H groups in total. The number of aryl methyl sites for hydroxylation is 1. The maximum Gasteiger partial charge on any atom is 0.0724 e. The second kappa shape index (κ2) is 5.12. The van der Waals surface area contributed by atoms with Crippen molar-refractivity contribution < 1.29 is 4.74 Å². The highest BCUT2D eigenvalue weighted by Crippen LogP contribution is 2.10. The SMILES string of the molecule is CNCc1cn(C(C)COC)nc1C. The molecule has 80 valence electrons. The van der Waals surface area contributed by atoms with Crippen molar-refractivity contribution in [2.75, 3.05) is 20.8 Å². The van der Waals surface area contributed by atoms with E-state index >= 15 is 0 Å². The van der Waals surface area contributed by atoms with Crippen molar-refractivity contribution >= 4 is 0 Å². The molecule has 0 amide bonds. The highest BCUT2D eigenvalue weighted by Gasteiger charge is 2.08. The molecule has 1 aromatic rings. The maximum absolute atomic E-state index is 5.09. The van der Waals surface area contributed by atoms with Crippen LogP contribution in [0.25, 0.3) is 0 Å². The summed E-state index contributed by atoms with van der Waals surface area (Å²) in [6.45, 7) is 5.69. The molecule has 0 saturated heterocycles. The predicted molar refractivity (Wildman–Crippen MR) is 56.3 cm³/mol. The van der Waals surface area contributed by atoms with Crippen LogP contribution in [-0.4, -0.2) is 30.5 Å². The molecule has 0 fully saturated rings. The van der Waals surface area contributed by atoms with Crippen LogP contribution in [-0.2, 0) is 11.3 Å². The Morgan fingerprint density at radius 1 is 1.64 bits per heavy atom. The van der Waals surface area contributed by atoms with Gasteiger partial charge in [0.25, 0.3) is 0 Å². The summed E-state index contributed by atoms with van der Waals surface area (Å²) in [7, 11) is 3.65. The molecule has 0 aromatic carbocycles. The van der Waals surface area contributed by atoms with E-state index in [1.54, 1.807) is 7.11 Å². The van der Waals surface area contributed by atoms with Crippen molar-refractivity contribution in [1.29, 1.82) is 0 Å². The average Bonchev–Trinajstić information content (AvgIpc) is 2.49. The molecule has 0 spiro atoms. The van der Waals surface area contributed by atoms with Crippen molar-refractivity contribution in [3.63, 3.8) is 0 Å². The summed E-state index contributed by atoms with van der Waals surface area (Å²) in [6, 6.07) is 0.296. The molecule has 1 heterocycles. The summed E-state index contributed by atoms with van der Waals surface area (Å²) >= 11 is 0. The quantitative estimate of drug-likeness (QED) is 0.768. The second-order valence-electron chi connectivity index (χ2n) is 3.55. The monoisotopic (exact) mass is 197 g/mol. The van der Waals surface area contributed by atoms with Crippen LogP contribution in [0.1, 0.15) is 24.2 Å². The zero-order valence-corrected chi connectivity index (χ0v) is 9.37. The Kier molecular flexibility index (Phi) is 4.10. The van der Waals surface area contributed by atoms with Gasteiger partial charge in [-0.05, 0) is 20.9 Å². The number of hydrogen-bond donors (Lipinski definition) is 1. The Morgan fingerprint density at radius 2 is 2.36 bits per heavy atom. The highest BCUT2D eigenvalue weighted by molar-refractivity contribution is 5.15. The molecule has 1 atom stereocenters. The molecule has 0 aliphatic rings. The molecule has 0 aliphatic heterocycles. The third-order valence-corrected chi connectivity index (χ3v) is 2.24. The van der Waals surface area contributed by atoms with Crippen LogP contribution >= 0.6 is 0 Å². The molecular weight excluding hydrogens is 178 g/mol. The lowest BCUT2D eigenvalue weighted by molar-refractivity contribution is 0.157. The minimum atomic E-state index is 0.296. The Balaban J connectivity index is 2.74. The number of nitrogens with zero attached hydrogens (tertiary/aromatic N) is 2. The topological polar surface area (TPSA) is 39.1 Å². The number of ether oxygens (including phenoxy) is 1. The average molecular weight is 197 g/mol. The van der Waals surface area contributed by atoms with E-state index < -0.39 is 0 Å². The van der Waals surface area contributed by atoms with Gasteiger partial charge in [0.2, 0.25) is 0 Å². The van der Waals surface area contributed by atoms with Gasteiger partial charge in [0, 0.05) is 25.4 Å². The summed E-state index contributed by atoms with van der Waals surface area (Å²) < 4.78 is 7.05. The minimum Gasteiger partial charge on any atom is -0.382 e. The predicted octanol–water partition coefficient (Wildman–Crippen LogP) is 1.12. The molecule has 1 aromatic heterocycles. The van der Waals surface area contributed by atoms with Gasteiger partial charge in [-0.3, -0.25) is 4.68 Å². The lowest BCUT2D eigenvalue weighted by Gasteiger charge is -2.09. The second-order valence-corrected chi connectivity index (χ2v) is 3.55. The van der Waals surface area contributed by atoms with E-state index in [0.29, 0.717) is 12.6 Å². The number of hydrogen-bond acceptors (Lipinski definition) is 3. The Morgan fingerprint density at radius 3 is 2.93 bits per heavy atom. The van der Waals surface area contributed by atoms with Crippen molar-refractivity contribution in [2.24, 2.45) is 0 Å². The standard InChI is InChI=1S/C10H19N3O/c1-8(7-14-4)13-6-10(5-11-3)9(2)12-13/h6,8,11H,5,7H2,1-4H3. The van der Waals surface area contributed by atoms with Crippen LogP contribution in [0, 0.1) is 6.92 Å². The van der Waals surface area contributed by atoms with Crippen LogP contribution in [0.3, 0.4) is 0 Å². The molecule has 1 rings (SSSR count). The highest BCUT2D eigenvalue weighted by atomic mass is 16.5. The fourth-order valence-corrected chi connectivity index (χ4v) is 1.43. The molecule has 0 aliphatic carbocycles. The molecule has 1 unspecified atom stereocenters. The molecular formula is C10H19N3O. The normalized spacial score (nSPS) is 13.1. The van der Waals surface area contributed by atoms with E-state index in [1.165, 1.54) is 5.56 Å². The van der Waals surface area contributed by atoms with Gasteiger partial charge in [-0.1, -0.05) is 0 Å². The van der Waals surface area contributed by atoms with Gasteiger partial charge in [-0.15, -0.1) is 0 Å². The molecule has 4 nitrogen and oxygen atoms in total. The van der Waals surface area contributed by atoms with Gasteiger partial charge in [0.1, 0.15) is 0 Å². The van der Waals surface area contributed by atoms with Crippen LogP contribution < -0.4 is 5.32 Å². The number of rotatable bonds is 5. The lowest BCUT2D eigenvalue weighted by atomic mass is 10.2. The summed E-state index contributed by atoms with van der Waals surface area (Å²) in [6.07, 6.45) is 2.08. The first kappa shape index (κ1) is 11.2. The largest absolute Gasteiger partial charge is 0.382 e. The Hall–Kier alpha value is -0.870. The maximum atomic E-state index is 5.09. The zero-order valence-electron chi connectivity index (χ0n) is 9.37. The summed E-state index contributed by atoms with van der Waals surface area (Å²) in [5, 5.41) is 7.57. The molecule has 14 heavy (non-hydrogen) atoms. The van der Waals surface area contributed by atoms with E-state index in [0.717, 1.165) is 12.2 Å².